The van der Waals surface area contributed by atoms with Gasteiger partial charge in [0.15, 0.2) is 0 Å². The highest BCUT2D eigenvalue weighted by Gasteiger charge is 2.41. The van der Waals surface area contributed by atoms with Crippen molar-refractivity contribution in [3.8, 4) is 11.5 Å². The predicted octanol–water partition coefficient (Wildman–Crippen LogP) is 1.62. The summed E-state index contributed by atoms with van der Waals surface area (Å²) in [6.07, 6.45) is 3.08. The Morgan fingerprint density at radius 2 is 1.60 bits per heavy atom. The van der Waals surface area contributed by atoms with Gasteiger partial charge in [-0.15, -0.1) is 0 Å². The van der Waals surface area contributed by atoms with Crippen LogP contribution in [0.1, 0.15) is 42.5 Å². The molecule has 6 heteroatoms. The zero-order chi connectivity index (χ0) is 14.8. The number of carboxylic acid groups (broad SMARTS) is 1. The summed E-state index contributed by atoms with van der Waals surface area (Å²) < 4.78 is 0. The van der Waals surface area contributed by atoms with Crippen LogP contribution in [0.2, 0.25) is 0 Å². The number of aliphatic carboxylic acids is 1. The molecule has 0 atom stereocenters. The second-order valence-corrected chi connectivity index (χ2v) is 5.07. The Morgan fingerprint density at radius 1 is 1.05 bits per heavy atom. The van der Waals surface area contributed by atoms with Crippen LogP contribution < -0.4 is 5.32 Å². The monoisotopic (exact) mass is 279 g/mol. The molecule has 0 bridgehead atoms. The molecule has 1 aromatic carbocycles. The summed E-state index contributed by atoms with van der Waals surface area (Å²) in [5.74, 6) is -2.61. The van der Waals surface area contributed by atoms with Crippen molar-refractivity contribution >= 4 is 11.9 Å². The van der Waals surface area contributed by atoms with E-state index in [4.69, 9.17) is 0 Å². The number of carboxylic acids is 1. The fourth-order valence-electron chi connectivity index (χ4n) is 2.59. The van der Waals surface area contributed by atoms with Crippen LogP contribution in [-0.2, 0) is 4.79 Å². The number of phenols is 2. The van der Waals surface area contributed by atoms with Crippen molar-refractivity contribution in [2.45, 2.75) is 37.6 Å². The molecule has 1 aromatic rings. The molecule has 0 aromatic heterocycles. The van der Waals surface area contributed by atoms with Crippen molar-refractivity contribution in [1.82, 2.24) is 5.32 Å². The summed E-state index contributed by atoms with van der Waals surface area (Å²) in [5.41, 5.74) is -1.61. The van der Waals surface area contributed by atoms with Gasteiger partial charge in [0.05, 0.1) is 0 Å². The number of nitrogens with one attached hydrogen (secondary N) is 1. The van der Waals surface area contributed by atoms with Crippen LogP contribution in [0.15, 0.2) is 18.2 Å². The molecular weight excluding hydrogens is 262 g/mol. The summed E-state index contributed by atoms with van der Waals surface area (Å²) in [6.45, 7) is 0. The highest BCUT2D eigenvalue weighted by Crippen LogP contribution is 2.31. The smallest absolute Gasteiger partial charge is 0.329 e. The van der Waals surface area contributed by atoms with Gasteiger partial charge in [-0.3, -0.25) is 4.79 Å². The van der Waals surface area contributed by atoms with E-state index < -0.39 is 17.4 Å². The molecule has 1 amide bonds. The molecule has 20 heavy (non-hydrogen) atoms. The zero-order valence-electron chi connectivity index (χ0n) is 10.9. The van der Waals surface area contributed by atoms with Crippen molar-refractivity contribution in [3.63, 3.8) is 0 Å². The third kappa shape index (κ3) is 2.54. The number of hydrogen-bond acceptors (Lipinski definition) is 4. The van der Waals surface area contributed by atoms with Crippen molar-refractivity contribution in [2.75, 3.05) is 0 Å². The Labute approximate surface area is 116 Å². The van der Waals surface area contributed by atoms with Crippen molar-refractivity contribution in [1.29, 1.82) is 0 Å². The lowest BCUT2D eigenvalue weighted by molar-refractivity contribution is -0.145. The van der Waals surface area contributed by atoms with Crippen LogP contribution in [-0.4, -0.2) is 32.7 Å². The second kappa shape index (κ2) is 5.40. The maximum Gasteiger partial charge on any atom is 0.329 e. The normalized spacial score (nSPS) is 17.4. The number of rotatable bonds is 3. The van der Waals surface area contributed by atoms with Crippen LogP contribution in [0, 0.1) is 0 Å². The number of hydrogen-bond donors (Lipinski definition) is 4. The summed E-state index contributed by atoms with van der Waals surface area (Å²) in [6, 6.07) is 3.93. The molecule has 108 valence electrons. The highest BCUT2D eigenvalue weighted by atomic mass is 16.4. The zero-order valence-corrected chi connectivity index (χ0v) is 10.9. The molecule has 6 nitrogen and oxygen atoms in total. The molecule has 1 aliphatic rings. The van der Waals surface area contributed by atoms with Crippen molar-refractivity contribution in [2.24, 2.45) is 0 Å². The Kier molecular flexibility index (Phi) is 3.83. The molecule has 2 rings (SSSR count). The van der Waals surface area contributed by atoms with Crippen LogP contribution in [0.4, 0.5) is 0 Å². The van der Waals surface area contributed by atoms with Gasteiger partial charge < -0.3 is 20.6 Å². The summed E-state index contributed by atoms with van der Waals surface area (Å²) >= 11 is 0. The third-order valence-electron chi connectivity index (χ3n) is 3.72. The summed E-state index contributed by atoms with van der Waals surface area (Å²) in [7, 11) is 0. The van der Waals surface area contributed by atoms with E-state index in [1.807, 2.05) is 0 Å². The Bertz CT molecular complexity index is 514. The molecule has 0 aliphatic heterocycles. The van der Waals surface area contributed by atoms with Gasteiger partial charge in [0.25, 0.3) is 5.91 Å². The van der Waals surface area contributed by atoms with Gasteiger partial charge >= 0.3 is 5.97 Å². The van der Waals surface area contributed by atoms with Crippen LogP contribution in [0.5, 0.6) is 11.5 Å². The molecule has 0 saturated heterocycles. The minimum Gasteiger partial charge on any atom is -0.507 e. The number of amides is 1. The van der Waals surface area contributed by atoms with E-state index in [0.717, 1.165) is 19.3 Å². The minimum atomic E-state index is -1.32. The maximum atomic E-state index is 12.2. The van der Waals surface area contributed by atoms with Crippen LogP contribution in [0.3, 0.4) is 0 Å². The Balaban J connectivity index is 2.27. The quantitative estimate of drug-likeness (QED) is 0.672. The topological polar surface area (TPSA) is 107 Å². The van der Waals surface area contributed by atoms with Gasteiger partial charge in [-0.1, -0.05) is 25.3 Å². The predicted molar refractivity (Wildman–Crippen MR) is 70.7 cm³/mol. The third-order valence-corrected chi connectivity index (χ3v) is 3.72. The summed E-state index contributed by atoms with van der Waals surface area (Å²) in [4.78, 5) is 23.6. The van der Waals surface area contributed by atoms with Gasteiger partial charge in [-0.25, -0.2) is 4.79 Å². The van der Waals surface area contributed by atoms with E-state index in [2.05, 4.69) is 5.32 Å². The fraction of sp³-hybridized carbons (Fsp3) is 0.429. The van der Waals surface area contributed by atoms with E-state index in [1.165, 1.54) is 18.2 Å². The van der Waals surface area contributed by atoms with E-state index >= 15 is 0 Å². The van der Waals surface area contributed by atoms with Crippen molar-refractivity contribution < 1.29 is 24.9 Å². The average molecular weight is 279 g/mol. The molecule has 0 radical (unpaired) electrons. The first-order valence-corrected chi connectivity index (χ1v) is 6.53. The van der Waals surface area contributed by atoms with E-state index in [1.54, 1.807) is 0 Å². The lowest BCUT2D eigenvalue weighted by Crippen LogP contribution is -2.55. The summed E-state index contributed by atoms with van der Waals surface area (Å²) in [5, 5.41) is 31.1. The lowest BCUT2D eigenvalue weighted by atomic mass is 9.81. The first-order chi connectivity index (χ1) is 9.46. The fourth-order valence-corrected chi connectivity index (χ4v) is 2.59. The van der Waals surface area contributed by atoms with Crippen molar-refractivity contribution in [3.05, 3.63) is 23.8 Å². The maximum absolute atomic E-state index is 12.2. The van der Waals surface area contributed by atoms with Crippen LogP contribution >= 0.6 is 0 Å². The molecule has 1 aliphatic carbocycles. The second-order valence-electron chi connectivity index (χ2n) is 5.07. The molecular formula is C14H17NO5. The minimum absolute atomic E-state index is 0.293. The van der Waals surface area contributed by atoms with Gasteiger partial charge in [-0.05, 0) is 25.0 Å². The van der Waals surface area contributed by atoms with E-state index in [9.17, 15) is 24.9 Å². The van der Waals surface area contributed by atoms with Gasteiger partial charge in [0.2, 0.25) is 0 Å². The Hall–Kier alpha value is -2.24. The van der Waals surface area contributed by atoms with E-state index in [-0.39, 0.29) is 17.1 Å². The SMILES string of the molecule is O=C(NC1(C(=O)O)CCCCC1)c1c(O)cccc1O. The molecule has 0 unspecified atom stereocenters. The van der Waals surface area contributed by atoms with Gasteiger partial charge in [0, 0.05) is 0 Å². The Morgan fingerprint density at radius 3 is 2.10 bits per heavy atom. The largest absolute Gasteiger partial charge is 0.507 e. The molecule has 1 saturated carbocycles. The first kappa shape index (κ1) is 14.2. The molecule has 1 fully saturated rings. The number of aromatic hydroxyl groups is 2. The first-order valence-electron chi connectivity index (χ1n) is 6.53. The highest BCUT2D eigenvalue weighted by molar-refractivity contribution is 6.02. The number of carbonyl (C=O) groups excluding carboxylic acids is 1. The average Bonchev–Trinajstić information content (AvgIpc) is 2.39. The lowest BCUT2D eigenvalue weighted by Gasteiger charge is -2.34. The number of phenolic OH excluding ortho intramolecular Hbond substituents is 2. The molecule has 0 spiro atoms. The number of carbonyl (C=O) groups is 2. The molecule has 4 N–H and O–H groups in total. The molecule has 0 heterocycles. The van der Waals surface area contributed by atoms with E-state index in [0.29, 0.717) is 12.8 Å². The van der Waals surface area contributed by atoms with Gasteiger partial charge in [-0.2, -0.15) is 0 Å². The standard InChI is InChI=1S/C14H17NO5/c16-9-5-4-6-10(17)11(9)12(18)15-14(13(19)20)7-2-1-3-8-14/h4-6,16-17H,1-3,7-8H2,(H,15,18)(H,19,20). The van der Waals surface area contributed by atoms with Gasteiger partial charge in [0.1, 0.15) is 22.6 Å². The van der Waals surface area contributed by atoms with Crippen LogP contribution in [0.25, 0.3) is 0 Å². The number of benzene rings is 1.